The quantitative estimate of drug-likeness (QED) is 0.704. The lowest BCUT2D eigenvalue weighted by Crippen LogP contribution is -2.58. The van der Waals surface area contributed by atoms with Gasteiger partial charge in [-0.1, -0.05) is 37.8 Å². The zero-order chi connectivity index (χ0) is 16.5. The van der Waals surface area contributed by atoms with Gasteiger partial charge in [0.05, 0.1) is 0 Å². The maximum atomic E-state index is 4.38. The lowest BCUT2D eigenvalue weighted by atomic mass is 9.72. The second-order valence-corrected chi connectivity index (χ2v) is 8.32. The molecule has 1 aromatic rings. The third kappa shape index (κ3) is 3.63. The van der Waals surface area contributed by atoms with Crippen LogP contribution in [0.4, 0.5) is 0 Å². The average molecular weight is 300 g/mol. The zero-order valence-corrected chi connectivity index (χ0v) is 15.4. The van der Waals surface area contributed by atoms with Gasteiger partial charge in [0.25, 0.3) is 0 Å². The normalized spacial score (nSPS) is 21.7. The van der Waals surface area contributed by atoms with Crippen LogP contribution in [0.5, 0.6) is 0 Å². The van der Waals surface area contributed by atoms with E-state index < -0.39 is 0 Å². The fourth-order valence-electron chi connectivity index (χ4n) is 4.17. The van der Waals surface area contributed by atoms with E-state index in [9.17, 15) is 0 Å². The Hall–Kier alpha value is -1.08. The highest BCUT2D eigenvalue weighted by atomic mass is 15.2. The van der Waals surface area contributed by atoms with Crippen LogP contribution in [0.25, 0.3) is 5.57 Å². The second-order valence-electron chi connectivity index (χ2n) is 8.32. The molecule has 0 amide bonds. The van der Waals surface area contributed by atoms with Crippen molar-refractivity contribution >= 4 is 5.57 Å². The molecule has 1 fully saturated rings. The van der Waals surface area contributed by atoms with Gasteiger partial charge in [0, 0.05) is 11.1 Å². The summed E-state index contributed by atoms with van der Waals surface area (Å²) in [7, 11) is 2.27. The Labute approximate surface area is 137 Å². The highest BCUT2D eigenvalue weighted by Crippen LogP contribution is 2.43. The molecular formula is C21H33N. The number of piperidine rings is 1. The Morgan fingerprint density at radius 1 is 1.09 bits per heavy atom. The van der Waals surface area contributed by atoms with Crippen molar-refractivity contribution < 1.29 is 0 Å². The Morgan fingerprint density at radius 3 is 2.05 bits per heavy atom. The smallest absolute Gasteiger partial charge is 0.0158 e. The van der Waals surface area contributed by atoms with E-state index in [0.717, 1.165) is 18.8 Å². The van der Waals surface area contributed by atoms with Crippen molar-refractivity contribution in [3.05, 3.63) is 42.0 Å². The molecule has 1 saturated heterocycles. The second kappa shape index (κ2) is 6.20. The number of hydrogen-bond donors (Lipinski definition) is 0. The summed E-state index contributed by atoms with van der Waals surface area (Å²) in [5, 5.41) is 0. The van der Waals surface area contributed by atoms with Crippen molar-refractivity contribution in [2.45, 2.75) is 71.4 Å². The van der Waals surface area contributed by atoms with Crippen LogP contribution in [0.2, 0.25) is 0 Å². The lowest BCUT2D eigenvalue weighted by molar-refractivity contribution is -0.0286. The molecule has 0 bridgehead atoms. The monoisotopic (exact) mass is 299 g/mol. The summed E-state index contributed by atoms with van der Waals surface area (Å²) in [6.07, 6.45) is 4.72. The molecule has 0 saturated carbocycles. The number of allylic oxidation sites excluding steroid dienone is 1. The fourth-order valence-corrected chi connectivity index (χ4v) is 4.17. The van der Waals surface area contributed by atoms with Gasteiger partial charge in [-0.25, -0.2) is 0 Å². The van der Waals surface area contributed by atoms with Crippen LogP contribution in [0.1, 0.15) is 65.0 Å². The molecule has 0 aliphatic carbocycles. The van der Waals surface area contributed by atoms with Gasteiger partial charge >= 0.3 is 0 Å². The molecule has 1 aliphatic heterocycles. The van der Waals surface area contributed by atoms with E-state index >= 15 is 0 Å². The number of aryl methyl sites for hydroxylation is 1. The summed E-state index contributed by atoms with van der Waals surface area (Å²) in [6, 6.07) is 8.96. The molecule has 0 N–H and O–H groups in total. The predicted octanol–water partition coefficient (Wildman–Crippen LogP) is 5.55. The molecule has 1 aromatic carbocycles. The van der Waals surface area contributed by atoms with Crippen molar-refractivity contribution in [3.63, 3.8) is 0 Å². The summed E-state index contributed by atoms with van der Waals surface area (Å²) in [5.41, 5.74) is 4.53. The van der Waals surface area contributed by atoms with Crippen molar-refractivity contribution in [1.82, 2.24) is 4.90 Å². The topological polar surface area (TPSA) is 3.24 Å². The molecule has 0 radical (unpaired) electrons. The van der Waals surface area contributed by atoms with Crippen molar-refractivity contribution in [2.24, 2.45) is 5.92 Å². The fraction of sp³-hybridized carbons (Fsp3) is 0.619. The molecule has 22 heavy (non-hydrogen) atoms. The molecular weight excluding hydrogens is 266 g/mol. The summed E-state index contributed by atoms with van der Waals surface area (Å²) < 4.78 is 0. The van der Waals surface area contributed by atoms with Gasteiger partial charge in [0.2, 0.25) is 0 Å². The molecule has 0 atom stereocenters. The van der Waals surface area contributed by atoms with Crippen LogP contribution in [0.3, 0.4) is 0 Å². The molecule has 1 heterocycles. The average Bonchev–Trinajstić information content (AvgIpc) is 2.44. The molecule has 0 aromatic heterocycles. The predicted molar refractivity (Wildman–Crippen MR) is 98.1 cm³/mol. The first-order valence-corrected chi connectivity index (χ1v) is 8.67. The zero-order valence-electron chi connectivity index (χ0n) is 15.4. The minimum atomic E-state index is 0.263. The van der Waals surface area contributed by atoms with Gasteiger partial charge in [0.1, 0.15) is 0 Å². The Balaban J connectivity index is 2.08. The summed E-state index contributed by atoms with van der Waals surface area (Å²) in [4.78, 5) is 2.55. The summed E-state index contributed by atoms with van der Waals surface area (Å²) in [6.45, 7) is 16.1. The molecule has 0 unspecified atom stereocenters. The van der Waals surface area contributed by atoms with E-state index in [-0.39, 0.29) is 11.1 Å². The van der Waals surface area contributed by atoms with Gasteiger partial charge in [-0.15, -0.1) is 0 Å². The Kier molecular flexibility index (Phi) is 4.87. The summed E-state index contributed by atoms with van der Waals surface area (Å²) >= 11 is 0. The van der Waals surface area contributed by atoms with Gasteiger partial charge in [-0.05, 0) is 83.0 Å². The van der Waals surface area contributed by atoms with Crippen LogP contribution in [-0.2, 0) is 6.42 Å². The largest absolute Gasteiger partial charge is 0.296 e. The van der Waals surface area contributed by atoms with E-state index in [4.69, 9.17) is 0 Å². The highest BCUT2D eigenvalue weighted by molar-refractivity contribution is 5.63. The maximum absolute atomic E-state index is 4.38. The van der Waals surface area contributed by atoms with Crippen LogP contribution in [0, 0.1) is 5.92 Å². The highest BCUT2D eigenvalue weighted by Gasteiger charge is 2.42. The minimum absolute atomic E-state index is 0.263. The van der Waals surface area contributed by atoms with Gasteiger partial charge < -0.3 is 0 Å². The number of likely N-dealkylation sites (tertiary alicyclic amines) is 1. The third-order valence-corrected chi connectivity index (χ3v) is 5.70. The first kappa shape index (κ1) is 17.3. The minimum Gasteiger partial charge on any atom is -0.296 e. The van der Waals surface area contributed by atoms with E-state index in [1.54, 1.807) is 0 Å². The molecule has 2 rings (SSSR count). The van der Waals surface area contributed by atoms with E-state index in [1.165, 1.54) is 29.5 Å². The van der Waals surface area contributed by atoms with E-state index in [0.29, 0.717) is 0 Å². The number of nitrogens with zero attached hydrogens (tertiary/aromatic N) is 1. The number of hydrogen-bond acceptors (Lipinski definition) is 1. The van der Waals surface area contributed by atoms with Crippen LogP contribution < -0.4 is 0 Å². The first-order chi connectivity index (χ1) is 10.2. The molecule has 1 nitrogen and oxygen atoms in total. The van der Waals surface area contributed by atoms with Crippen molar-refractivity contribution in [3.8, 4) is 0 Å². The van der Waals surface area contributed by atoms with Crippen molar-refractivity contribution in [1.29, 1.82) is 0 Å². The van der Waals surface area contributed by atoms with Gasteiger partial charge in [-0.3, -0.25) is 4.90 Å². The van der Waals surface area contributed by atoms with Crippen LogP contribution in [0.15, 0.2) is 30.8 Å². The van der Waals surface area contributed by atoms with E-state index in [2.05, 4.69) is 77.4 Å². The summed E-state index contributed by atoms with van der Waals surface area (Å²) in [5.74, 6) is 0.722. The first-order valence-electron chi connectivity index (χ1n) is 8.67. The standard InChI is InChI=1S/C21H33N/c1-8-17-9-11-19(12-10-17)16(2)13-18-14-20(3,4)22(7)21(5,6)15-18/h9-12,18H,2,8,13-15H2,1,3-7H3. The molecule has 1 aliphatic rings. The SMILES string of the molecule is C=C(CC1CC(C)(C)N(C)C(C)(C)C1)c1ccc(CC)cc1. The van der Waals surface area contributed by atoms with Gasteiger partial charge in [-0.2, -0.15) is 0 Å². The van der Waals surface area contributed by atoms with Crippen LogP contribution >= 0.6 is 0 Å². The molecule has 1 heteroatoms. The number of benzene rings is 1. The molecule has 122 valence electrons. The number of rotatable bonds is 4. The van der Waals surface area contributed by atoms with E-state index in [1.807, 2.05) is 0 Å². The van der Waals surface area contributed by atoms with Crippen molar-refractivity contribution in [2.75, 3.05) is 7.05 Å². The lowest BCUT2D eigenvalue weighted by Gasteiger charge is -2.54. The van der Waals surface area contributed by atoms with Crippen LogP contribution in [-0.4, -0.2) is 23.0 Å². The van der Waals surface area contributed by atoms with Gasteiger partial charge in [0.15, 0.2) is 0 Å². The third-order valence-electron chi connectivity index (χ3n) is 5.70. The Morgan fingerprint density at radius 2 is 1.59 bits per heavy atom. The maximum Gasteiger partial charge on any atom is 0.0158 e. The molecule has 0 spiro atoms. The Bertz CT molecular complexity index is 503.